The molecular weight excluding hydrogens is 252 g/mol. The molecule has 1 aromatic rings. The topological polar surface area (TPSA) is 66.6 Å². The van der Waals surface area contributed by atoms with Crippen LogP contribution < -0.4 is 5.73 Å². The van der Waals surface area contributed by atoms with E-state index in [4.69, 9.17) is 5.73 Å². The third-order valence-electron chi connectivity index (χ3n) is 3.28. The monoisotopic (exact) mass is 278 g/mol. The highest BCUT2D eigenvalue weighted by Gasteiger charge is 2.23. The number of nitrogens with zero attached hydrogens (tertiary/aromatic N) is 1. The number of amides is 1. The smallest absolute Gasteiger partial charge is 0.227 e. The van der Waals surface area contributed by atoms with Gasteiger partial charge >= 0.3 is 0 Å². The Balaban J connectivity index is 2.74. The molecule has 3 N–H and O–H groups in total. The van der Waals surface area contributed by atoms with E-state index in [-0.39, 0.29) is 17.1 Å². The summed E-state index contributed by atoms with van der Waals surface area (Å²) in [5, 5.41) is 9.45. The number of hydrogen-bond donors (Lipinski definition) is 2. The number of carbonyl (C=O) groups excluding carboxylic acids is 1. The highest BCUT2D eigenvalue weighted by molar-refractivity contribution is 5.79. The first kappa shape index (κ1) is 16.5. The predicted molar refractivity (Wildman–Crippen MR) is 81.5 cm³/mol. The number of phenols is 1. The summed E-state index contributed by atoms with van der Waals surface area (Å²) in [6, 6.07) is 6.85. The molecule has 0 bridgehead atoms. The fraction of sp³-hybridized carbons (Fsp3) is 0.562. The molecule has 0 aliphatic rings. The SMILES string of the molecule is CCCN(CC(C)(C)CN)C(=O)Cc1cccc(O)c1. The van der Waals surface area contributed by atoms with Crippen LogP contribution in [-0.4, -0.2) is 35.5 Å². The summed E-state index contributed by atoms with van der Waals surface area (Å²) in [5.41, 5.74) is 6.51. The van der Waals surface area contributed by atoms with Crippen molar-refractivity contribution in [3.8, 4) is 5.75 Å². The first-order valence-corrected chi connectivity index (χ1v) is 7.13. The zero-order chi connectivity index (χ0) is 15.2. The molecule has 0 saturated heterocycles. The third kappa shape index (κ3) is 5.21. The fourth-order valence-electron chi connectivity index (χ4n) is 2.10. The van der Waals surface area contributed by atoms with Crippen molar-refractivity contribution in [2.45, 2.75) is 33.6 Å². The van der Waals surface area contributed by atoms with Gasteiger partial charge in [0.25, 0.3) is 0 Å². The fourth-order valence-corrected chi connectivity index (χ4v) is 2.10. The van der Waals surface area contributed by atoms with E-state index in [0.717, 1.165) is 18.5 Å². The van der Waals surface area contributed by atoms with Crippen molar-refractivity contribution in [3.63, 3.8) is 0 Å². The summed E-state index contributed by atoms with van der Waals surface area (Å²) in [6.07, 6.45) is 1.24. The van der Waals surface area contributed by atoms with Crippen LogP contribution >= 0.6 is 0 Å². The van der Waals surface area contributed by atoms with Gasteiger partial charge < -0.3 is 15.7 Å². The Morgan fingerprint density at radius 1 is 1.40 bits per heavy atom. The molecule has 0 aliphatic heterocycles. The Bertz CT molecular complexity index is 444. The Morgan fingerprint density at radius 3 is 2.65 bits per heavy atom. The maximum atomic E-state index is 12.4. The van der Waals surface area contributed by atoms with Crippen LogP contribution in [0.4, 0.5) is 0 Å². The first-order valence-electron chi connectivity index (χ1n) is 7.13. The lowest BCUT2D eigenvalue weighted by Gasteiger charge is -2.32. The molecule has 0 atom stereocenters. The molecular formula is C16H26N2O2. The Hall–Kier alpha value is -1.55. The maximum Gasteiger partial charge on any atom is 0.227 e. The van der Waals surface area contributed by atoms with Gasteiger partial charge in [0.2, 0.25) is 5.91 Å². The molecule has 0 spiro atoms. The van der Waals surface area contributed by atoms with Crippen LogP contribution in [0.2, 0.25) is 0 Å². The molecule has 112 valence electrons. The van der Waals surface area contributed by atoms with Crippen LogP contribution in [0.3, 0.4) is 0 Å². The van der Waals surface area contributed by atoms with Crippen molar-refractivity contribution in [3.05, 3.63) is 29.8 Å². The second kappa shape index (κ2) is 7.29. The summed E-state index contributed by atoms with van der Waals surface area (Å²) in [4.78, 5) is 14.3. The molecule has 0 aromatic heterocycles. The molecule has 1 rings (SSSR count). The largest absolute Gasteiger partial charge is 0.508 e. The van der Waals surface area contributed by atoms with Crippen LogP contribution in [0.5, 0.6) is 5.75 Å². The van der Waals surface area contributed by atoms with Crippen LogP contribution in [0.15, 0.2) is 24.3 Å². The lowest BCUT2D eigenvalue weighted by molar-refractivity contribution is -0.131. The molecule has 0 fully saturated rings. The summed E-state index contributed by atoms with van der Waals surface area (Å²) in [7, 11) is 0. The molecule has 0 aliphatic carbocycles. The molecule has 0 unspecified atom stereocenters. The molecule has 1 amide bonds. The average Bonchev–Trinajstić information content (AvgIpc) is 2.38. The van der Waals surface area contributed by atoms with Gasteiger partial charge in [-0.2, -0.15) is 0 Å². The van der Waals surface area contributed by atoms with E-state index >= 15 is 0 Å². The highest BCUT2D eigenvalue weighted by Crippen LogP contribution is 2.17. The average molecular weight is 278 g/mol. The predicted octanol–water partition coefficient (Wildman–Crippen LogP) is 2.16. The van der Waals surface area contributed by atoms with E-state index in [0.29, 0.717) is 19.5 Å². The van der Waals surface area contributed by atoms with Crippen molar-refractivity contribution in [2.75, 3.05) is 19.6 Å². The highest BCUT2D eigenvalue weighted by atomic mass is 16.3. The van der Waals surface area contributed by atoms with Crippen LogP contribution in [0.1, 0.15) is 32.8 Å². The summed E-state index contributed by atoms with van der Waals surface area (Å²) in [6.45, 7) is 8.14. The van der Waals surface area contributed by atoms with Crippen molar-refractivity contribution in [1.82, 2.24) is 4.90 Å². The molecule has 4 nitrogen and oxygen atoms in total. The van der Waals surface area contributed by atoms with Gasteiger partial charge in [0.05, 0.1) is 6.42 Å². The minimum Gasteiger partial charge on any atom is -0.508 e. The maximum absolute atomic E-state index is 12.4. The van der Waals surface area contributed by atoms with Crippen molar-refractivity contribution >= 4 is 5.91 Å². The zero-order valence-corrected chi connectivity index (χ0v) is 12.7. The van der Waals surface area contributed by atoms with Gasteiger partial charge in [-0.3, -0.25) is 4.79 Å². The van der Waals surface area contributed by atoms with Crippen LogP contribution in [0.25, 0.3) is 0 Å². The van der Waals surface area contributed by atoms with Gasteiger partial charge in [-0.1, -0.05) is 32.9 Å². The van der Waals surface area contributed by atoms with Crippen molar-refractivity contribution in [1.29, 1.82) is 0 Å². The summed E-state index contributed by atoms with van der Waals surface area (Å²) >= 11 is 0. The molecule has 4 heteroatoms. The van der Waals surface area contributed by atoms with Crippen LogP contribution in [-0.2, 0) is 11.2 Å². The van der Waals surface area contributed by atoms with E-state index < -0.39 is 0 Å². The van der Waals surface area contributed by atoms with Gasteiger partial charge in [-0.25, -0.2) is 0 Å². The Kier molecular flexibility index (Phi) is 6.02. The van der Waals surface area contributed by atoms with Gasteiger partial charge in [-0.15, -0.1) is 0 Å². The number of phenolic OH excluding ortho intramolecular Hbond substituents is 1. The second-order valence-corrected chi connectivity index (χ2v) is 6.03. The van der Waals surface area contributed by atoms with E-state index in [2.05, 4.69) is 20.8 Å². The number of carbonyl (C=O) groups is 1. The van der Waals surface area contributed by atoms with Crippen LogP contribution in [0, 0.1) is 5.41 Å². The molecule has 0 heterocycles. The minimum absolute atomic E-state index is 0.0797. The second-order valence-electron chi connectivity index (χ2n) is 6.03. The summed E-state index contributed by atoms with van der Waals surface area (Å²) < 4.78 is 0. The van der Waals surface area contributed by atoms with E-state index in [1.807, 2.05) is 11.0 Å². The van der Waals surface area contributed by atoms with E-state index in [1.165, 1.54) is 0 Å². The molecule has 1 aromatic carbocycles. The minimum atomic E-state index is -0.0797. The first-order chi connectivity index (χ1) is 9.38. The zero-order valence-electron chi connectivity index (χ0n) is 12.7. The number of nitrogens with two attached hydrogens (primary N) is 1. The Labute approximate surface area is 121 Å². The van der Waals surface area contributed by atoms with Crippen molar-refractivity contribution < 1.29 is 9.90 Å². The third-order valence-corrected chi connectivity index (χ3v) is 3.28. The van der Waals surface area contributed by atoms with Crippen molar-refractivity contribution in [2.24, 2.45) is 11.1 Å². The number of rotatable bonds is 7. The van der Waals surface area contributed by atoms with Gasteiger partial charge in [0.1, 0.15) is 5.75 Å². The van der Waals surface area contributed by atoms with Gasteiger partial charge in [0.15, 0.2) is 0 Å². The summed E-state index contributed by atoms with van der Waals surface area (Å²) in [5.74, 6) is 0.276. The normalized spacial score (nSPS) is 11.4. The number of hydrogen-bond acceptors (Lipinski definition) is 3. The lowest BCUT2D eigenvalue weighted by atomic mass is 9.92. The lowest BCUT2D eigenvalue weighted by Crippen LogP contribution is -2.43. The van der Waals surface area contributed by atoms with Gasteiger partial charge in [0, 0.05) is 13.1 Å². The quantitative estimate of drug-likeness (QED) is 0.803. The molecule has 20 heavy (non-hydrogen) atoms. The number of aromatic hydroxyl groups is 1. The molecule has 0 saturated carbocycles. The van der Waals surface area contributed by atoms with E-state index in [1.54, 1.807) is 18.2 Å². The number of benzene rings is 1. The standard InChI is InChI=1S/C16H26N2O2/c1-4-8-18(12-16(2,3)11-17)15(20)10-13-6-5-7-14(19)9-13/h5-7,9,19H,4,8,10-12,17H2,1-3H3. The Morgan fingerprint density at radius 2 is 2.10 bits per heavy atom. The van der Waals surface area contributed by atoms with Gasteiger partial charge in [-0.05, 0) is 36.1 Å². The van der Waals surface area contributed by atoms with E-state index in [9.17, 15) is 9.90 Å². The molecule has 0 radical (unpaired) electrons.